The molecule has 7 rings (SSSR count). The van der Waals surface area contributed by atoms with E-state index in [1.54, 1.807) is 14.2 Å². The summed E-state index contributed by atoms with van der Waals surface area (Å²) in [5.74, 6) is 4.58. The second-order valence-corrected chi connectivity index (χ2v) is 13.4. The number of nitrogens with one attached hydrogen (secondary N) is 1. The number of piperidine rings is 1. The van der Waals surface area contributed by atoms with Gasteiger partial charge in [-0.15, -0.1) is 0 Å². The molecule has 0 amide bonds. The second kappa shape index (κ2) is 14.4. The van der Waals surface area contributed by atoms with E-state index in [9.17, 15) is 0 Å². The molecule has 1 fully saturated rings. The third kappa shape index (κ3) is 6.86. The maximum absolute atomic E-state index is 6.39. The van der Waals surface area contributed by atoms with Gasteiger partial charge >= 0.3 is 0 Å². The summed E-state index contributed by atoms with van der Waals surface area (Å²) in [7, 11) is 3.50. The van der Waals surface area contributed by atoms with Crippen LogP contribution < -0.4 is 24.3 Å². The monoisotopic (exact) mass is 632 g/mol. The summed E-state index contributed by atoms with van der Waals surface area (Å²) in [6.45, 7) is 6.65. The molecule has 3 aliphatic heterocycles. The molecule has 0 unspecified atom stereocenters. The highest BCUT2D eigenvalue weighted by atomic mass is 16.5. The molecule has 0 bridgehead atoms. The molecule has 0 saturated carbocycles. The average molecular weight is 633 g/mol. The SMILES string of the molecule is CC[C@H]1CN2CCc3cc(OC)c(OCc4ccccc4)cc3[C@@H]2C[C@@H]1C[C@H]1NCCc2cc(OCc3ccccc3)c(OC)cc21. The standard InChI is InChI=1S/C41H48N2O4/c1-4-30-25-43-18-16-32-21-38(44-2)41(47-27-29-13-9-6-10-14-29)24-35(32)37(43)20-33(30)19-36-34-23-39(45-3)40(22-31(34)15-17-42-36)46-26-28-11-7-5-8-12-28/h5-14,21-24,30,33,36-37,42H,4,15-20,25-27H2,1-3H3/t30-,33-,36+,37-/m0/s1. The Balaban J connectivity index is 1.11. The molecule has 3 heterocycles. The van der Waals surface area contributed by atoms with Gasteiger partial charge in [-0.1, -0.05) is 74.0 Å². The van der Waals surface area contributed by atoms with E-state index in [1.165, 1.54) is 28.7 Å². The first-order chi connectivity index (χ1) is 23.1. The number of hydrogen-bond donors (Lipinski definition) is 1. The minimum atomic E-state index is 0.296. The molecule has 0 aromatic heterocycles. The Kier molecular flexibility index (Phi) is 9.68. The van der Waals surface area contributed by atoms with E-state index in [2.05, 4.69) is 89.9 Å². The quantitative estimate of drug-likeness (QED) is 0.180. The zero-order valence-corrected chi connectivity index (χ0v) is 28.0. The van der Waals surface area contributed by atoms with Crippen LogP contribution in [0, 0.1) is 11.8 Å². The summed E-state index contributed by atoms with van der Waals surface area (Å²) >= 11 is 0. The van der Waals surface area contributed by atoms with Crippen molar-refractivity contribution in [2.45, 2.75) is 64.3 Å². The molecule has 4 atom stereocenters. The molecule has 1 saturated heterocycles. The van der Waals surface area contributed by atoms with Crippen LogP contribution in [0.25, 0.3) is 0 Å². The lowest BCUT2D eigenvalue weighted by molar-refractivity contribution is 0.0434. The Hall–Kier alpha value is -4.00. The highest BCUT2D eigenvalue weighted by molar-refractivity contribution is 5.51. The highest BCUT2D eigenvalue weighted by Gasteiger charge is 2.40. The first-order valence-corrected chi connectivity index (χ1v) is 17.4. The van der Waals surface area contributed by atoms with Crippen LogP contribution in [0.15, 0.2) is 84.9 Å². The summed E-state index contributed by atoms with van der Waals surface area (Å²) in [6.07, 6.45) is 5.51. The smallest absolute Gasteiger partial charge is 0.162 e. The minimum Gasteiger partial charge on any atom is -0.493 e. The van der Waals surface area contributed by atoms with E-state index < -0.39 is 0 Å². The van der Waals surface area contributed by atoms with E-state index >= 15 is 0 Å². The number of hydrogen-bond acceptors (Lipinski definition) is 6. The van der Waals surface area contributed by atoms with Crippen LogP contribution in [0.5, 0.6) is 23.0 Å². The molecule has 6 nitrogen and oxygen atoms in total. The van der Waals surface area contributed by atoms with Gasteiger partial charge in [-0.05, 0) is 102 Å². The molecular formula is C41H48N2O4. The van der Waals surface area contributed by atoms with Gasteiger partial charge < -0.3 is 24.3 Å². The van der Waals surface area contributed by atoms with Gasteiger partial charge in [0.05, 0.1) is 14.2 Å². The van der Waals surface area contributed by atoms with Gasteiger partial charge in [-0.3, -0.25) is 4.90 Å². The van der Waals surface area contributed by atoms with Crippen LogP contribution in [0.4, 0.5) is 0 Å². The van der Waals surface area contributed by atoms with Crippen LogP contribution in [-0.2, 0) is 26.1 Å². The number of ether oxygens (including phenoxy) is 4. The van der Waals surface area contributed by atoms with Gasteiger partial charge in [-0.25, -0.2) is 0 Å². The van der Waals surface area contributed by atoms with Crippen molar-refractivity contribution in [2.24, 2.45) is 11.8 Å². The molecule has 3 aliphatic rings. The summed E-state index contributed by atoms with van der Waals surface area (Å²) in [4.78, 5) is 2.74. The Morgan fingerprint density at radius 2 is 1.30 bits per heavy atom. The summed E-state index contributed by atoms with van der Waals surface area (Å²) in [5.41, 5.74) is 7.86. The van der Waals surface area contributed by atoms with Crippen LogP contribution in [0.1, 0.15) is 71.7 Å². The maximum atomic E-state index is 6.39. The van der Waals surface area contributed by atoms with E-state index in [-0.39, 0.29) is 0 Å². The van der Waals surface area contributed by atoms with Crippen LogP contribution in [0.2, 0.25) is 0 Å². The van der Waals surface area contributed by atoms with Gasteiger partial charge in [0.15, 0.2) is 23.0 Å². The zero-order chi connectivity index (χ0) is 32.2. The van der Waals surface area contributed by atoms with E-state index in [1.807, 2.05) is 12.1 Å². The zero-order valence-electron chi connectivity index (χ0n) is 28.0. The summed E-state index contributed by atoms with van der Waals surface area (Å²) in [5, 5.41) is 3.90. The lowest BCUT2D eigenvalue weighted by atomic mass is 9.72. The fraction of sp³-hybridized carbons (Fsp3) is 0.415. The molecule has 246 valence electrons. The molecule has 0 aliphatic carbocycles. The van der Waals surface area contributed by atoms with Gasteiger partial charge in [0.2, 0.25) is 0 Å². The maximum Gasteiger partial charge on any atom is 0.162 e. The van der Waals surface area contributed by atoms with Gasteiger partial charge in [0.25, 0.3) is 0 Å². The Bertz CT molecular complexity index is 1640. The molecular weight excluding hydrogens is 584 g/mol. The van der Waals surface area contributed by atoms with Gasteiger partial charge in [0, 0.05) is 25.2 Å². The van der Waals surface area contributed by atoms with E-state index in [4.69, 9.17) is 18.9 Å². The van der Waals surface area contributed by atoms with E-state index in [0.717, 1.165) is 79.4 Å². The molecule has 4 aromatic carbocycles. The first-order valence-electron chi connectivity index (χ1n) is 17.4. The number of rotatable bonds is 11. The third-order valence-corrected chi connectivity index (χ3v) is 10.7. The lowest BCUT2D eigenvalue weighted by Gasteiger charge is -2.48. The van der Waals surface area contributed by atoms with Crippen molar-refractivity contribution in [2.75, 3.05) is 33.9 Å². The van der Waals surface area contributed by atoms with Crippen molar-refractivity contribution in [3.63, 3.8) is 0 Å². The summed E-state index contributed by atoms with van der Waals surface area (Å²) < 4.78 is 24.4. The van der Waals surface area contributed by atoms with Gasteiger partial charge in [0.1, 0.15) is 13.2 Å². The number of benzene rings is 4. The van der Waals surface area contributed by atoms with Crippen molar-refractivity contribution in [1.82, 2.24) is 10.2 Å². The molecule has 4 aromatic rings. The fourth-order valence-electron chi connectivity index (χ4n) is 8.11. The molecule has 1 N–H and O–H groups in total. The first kappa shape index (κ1) is 31.6. The highest BCUT2D eigenvalue weighted by Crippen LogP contribution is 2.48. The van der Waals surface area contributed by atoms with Gasteiger partial charge in [-0.2, -0.15) is 0 Å². The van der Waals surface area contributed by atoms with Crippen LogP contribution >= 0.6 is 0 Å². The second-order valence-electron chi connectivity index (χ2n) is 13.4. The molecule has 0 spiro atoms. The Morgan fingerprint density at radius 1 is 0.702 bits per heavy atom. The topological polar surface area (TPSA) is 52.2 Å². The number of nitrogens with zero attached hydrogens (tertiary/aromatic N) is 1. The number of methoxy groups -OCH3 is 2. The Morgan fingerprint density at radius 3 is 1.96 bits per heavy atom. The predicted octanol–water partition coefficient (Wildman–Crippen LogP) is 8.08. The van der Waals surface area contributed by atoms with Crippen molar-refractivity contribution in [3.05, 3.63) is 118 Å². The van der Waals surface area contributed by atoms with Crippen LogP contribution in [0.3, 0.4) is 0 Å². The van der Waals surface area contributed by atoms with Crippen LogP contribution in [-0.4, -0.2) is 38.8 Å². The lowest BCUT2D eigenvalue weighted by Crippen LogP contribution is -2.46. The molecule has 47 heavy (non-hydrogen) atoms. The summed E-state index contributed by atoms with van der Waals surface area (Å²) in [6, 6.07) is 30.4. The molecule has 6 heteroatoms. The number of fused-ring (bicyclic) bond motifs is 4. The Labute approximate surface area is 280 Å². The van der Waals surface area contributed by atoms with Crippen molar-refractivity contribution >= 4 is 0 Å². The molecule has 0 radical (unpaired) electrons. The predicted molar refractivity (Wildman–Crippen MR) is 187 cm³/mol. The van der Waals surface area contributed by atoms with E-state index in [0.29, 0.717) is 37.1 Å². The average Bonchev–Trinajstić information content (AvgIpc) is 3.13. The largest absolute Gasteiger partial charge is 0.493 e. The van der Waals surface area contributed by atoms with Crippen molar-refractivity contribution in [3.8, 4) is 23.0 Å². The van der Waals surface area contributed by atoms with Crippen molar-refractivity contribution < 1.29 is 18.9 Å². The fourth-order valence-corrected chi connectivity index (χ4v) is 8.11. The third-order valence-electron chi connectivity index (χ3n) is 10.7. The normalized spacial score (nSPS) is 22.0. The van der Waals surface area contributed by atoms with Crippen molar-refractivity contribution in [1.29, 1.82) is 0 Å². The minimum absolute atomic E-state index is 0.296.